The number of thioether (sulfide) groups is 1. The normalized spacial score (nSPS) is 10.5. The van der Waals surface area contributed by atoms with E-state index >= 15 is 0 Å². The van der Waals surface area contributed by atoms with Crippen LogP contribution in [0.4, 0.5) is 0 Å². The van der Waals surface area contributed by atoms with Crippen molar-refractivity contribution in [1.29, 1.82) is 0 Å². The van der Waals surface area contributed by atoms with E-state index in [1.165, 1.54) is 25.7 Å². The molecule has 1 nitrogen and oxygen atoms in total. The number of rotatable bonds is 7. The van der Waals surface area contributed by atoms with Gasteiger partial charge in [-0.1, -0.05) is 40.9 Å². The van der Waals surface area contributed by atoms with E-state index in [0.29, 0.717) is 5.75 Å². The van der Waals surface area contributed by atoms with Crippen LogP contribution in [-0.4, -0.2) is 16.2 Å². The van der Waals surface area contributed by atoms with Crippen LogP contribution in [0.15, 0.2) is 29.2 Å². The fraction of sp³-hybridized carbons (Fsp3) is 0.500. The van der Waals surface area contributed by atoms with Crippen LogP contribution in [0.2, 0.25) is 0 Å². The smallest absolute Gasteiger partial charge is 0.129 e. The van der Waals surface area contributed by atoms with Gasteiger partial charge in [0.15, 0.2) is 0 Å². The topological polar surface area (TPSA) is 20.2 Å². The van der Waals surface area contributed by atoms with Crippen molar-refractivity contribution in [1.82, 2.24) is 0 Å². The third kappa shape index (κ3) is 5.47. The molecule has 0 amide bonds. The van der Waals surface area contributed by atoms with E-state index in [4.69, 9.17) is 0 Å². The Morgan fingerprint density at radius 3 is 2.53 bits per heavy atom. The highest BCUT2D eigenvalue weighted by molar-refractivity contribution is 9.09. The first-order valence-electron chi connectivity index (χ1n) is 5.31. The SMILES string of the molecule is Oc1ccccc1SCCCCCCBr. The van der Waals surface area contributed by atoms with Gasteiger partial charge in [0.1, 0.15) is 5.75 Å². The molecule has 1 aromatic carbocycles. The molecule has 0 aliphatic heterocycles. The third-order valence-electron chi connectivity index (χ3n) is 2.15. The molecule has 0 bridgehead atoms. The standard InChI is InChI=1S/C12H17BrOS/c13-9-5-1-2-6-10-15-12-8-4-3-7-11(12)14/h3-4,7-8,14H,1-2,5-6,9-10H2. The minimum atomic E-state index is 0.406. The van der Waals surface area contributed by atoms with E-state index in [1.807, 2.05) is 18.2 Å². The predicted molar refractivity (Wildman–Crippen MR) is 71.1 cm³/mol. The van der Waals surface area contributed by atoms with Crippen molar-refractivity contribution in [2.24, 2.45) is 0 Å². The van der Waals surface area contributed by atoms with Crippen LogP contribution >= 0.6 is 27.7 Å². The van der Waals surface area contributed by atoms with E-state index in [0.717, 1.165) is 16.0 Å². The molecule has 0 heterocycles. The first-order chi connectivity index (χ1) is 7.34. The molecule has 15 heavy (non-hydrogen) atoms. The molecular weight excluding hydrogens is 272 g/mol. The van der Waals surface area contributed by atoms with Gasteiger partial charge < -0.3 is 5.11 Å². The molecule has 1 N–H and O–H groups in total. The molecule has 84 valence electrons. The van der Waals surface area contributed by atoms with E-state index in [-0.39, 0.29) is 0 Å². The number of benzene rings is 1. The lowest BCUT2D eigenvalue weighted by Gasteiger charge is -2.03. The first kappa shape index (κ1) is 12.9. The van der Waals surface area contributed by atoms with Crippen LogP contribution in [-0.2, 0) is 0 Å². The van der Waals surface area contributed by atoms with Gasteiger partial charge in [-0.15, -0.1) is 11.8 Å². The number of hydrogen-bond donors (Lipinski definition) is 1. The molecule has 0 unspecified atom stereocenters. The summed E-state index contributed by atoms with van der Waals surface area (Å²) in [5.74, 6) is 1.50. The monoisotopic (exact) mass is 288 g/mol. The van der Waals surface area contributed by atoms with Gasteiger partial charge in [0.25, 0.3) is 0 Å². The van der Waals surface area contributed by atoms with Crippen molar-refractivity contribution in [3.63, 3.8) is 0 Å². The Bertz CT molecular complexity index is 278. The molecule has 0 aromatic heterocycles. The highest BCUT2D eigenvalue weighted by Gasteiger charge is 1.99. The van der Waals surface area contributed by atoms with Crippen molar-refractivity contribution in [2.45, 2.75) is 30.6 Å². The lowest BCUT2D eigenvalue weighted by Crippen LogP contribution is -1.83. The Morgan fingerprint density at radius 1 is 1.07 bits per heavy atom. The molecule has 0 atom stereocenters. The van der Waals surface area contributed by atoms with Gasteiger partial charge in [0.05, 0.1) is 0 Å². The van der Waals surface area contributed by atoms with Gasteiger partial charge in [-0.05, 0) is 30.7 Å². The van der Waals surface area contributed by atoms with Crippen LogP contribution in [0, 0.1) is 0 Å². The van der Waals surface area contributed by atoms with Gasteiger partial charge in [0, 0.05) is 10.2 Å². The Balaban J connectivity index is 2.12. The zero-order chi connectivity index (χ0) is 10.9. The lowest BCUT2D eigenvalue weighted by molar-refractivity contribution is 0.462. The molecule has 3 heteroatoms. The number of phenols is 1. The van der Waals surface area contributed by atoms with Gasteiger partial charge in [-0.2, -0.15) is 0 Å². The molecule has 1 rings (SSSR count). The summed E-state index contributed by atoms with van der Waals surface area (Å²) in [6, 6.07) is 7.54. The number of para-hydroxylation sites is 1. The molecule has 0 aliphatic rings. The second-order valence-electron chi connectivity index (χ2n) is 3.42. The maximum Gasteiger partial charge on any atom is 0.129 e. The number of aromatic hydroxyl groups is 1. The Hall–Kier alpha value is -0.150. The number of phenolic OH excluding ortho intramolecular Hbond substituents is 1. The van der Waals surface area contributed by atoms with Crippen LogP contribution in [0.3, 0.4) is 0 Å². The summed E-state index contributed by atoms with van der Waals surface area (Å²) < 4.78 is 0. The summed E-state index contributed by atoms with van der Waals surface area (Å²) in [7, 11) is 0. The van der Waals surface area contributed by atoms with Crippen LogP contribution < -0.4 is 0 Å². The second-order valence-corrected chi connectivity index (χ2v) is 5.35. The maximum absolute atomic E-state index is 9.52. The number of hydrogen-bond acceptors (Lipinski definition) is 2. The van der Waals surface area contributed by atoms with Crippen LogP contribution in [0.1, 0.15) is 25.7 Å². The fourth-order valence-electron chi connectivity index (χ4n) is 1.31. The molecule has 0 aliphatic carbocycles. The van der Waals surface area contributed by atoms with Gasteiger partial charge in [-0.25, -0.2) is 0 Å². The van der Waals surface area contributed by atoms with Crippen molar-refractivity contribution in [3.8, 4) is 5.75 Å². The van der Waals surface area contributed by atoms with Crippen molar-refractivity contribution >= 4 is 27.7 Å². The van der Waals surface area contributed by atoms with E-state index < -0.39 is 0 Å². The zero-order valence-electron chi connectivity index (χ0n) is 8.79. The van der Waals surface area contributed by atoms with Gasteiger partial charge in [0.2, 0.25) is 0 Å². The minimum Gasteiger partial charge on any atom is -0.507 e. The number of halogens is 1. The third-order valence-corrected chi connectivity index (χ3v) is 3.86. The summed E-state index contributed by atoms with van der Waals surface area (Å²) >= 11 is 5.17. The summed E-state index contributed by atoms with van der Waals surface area (Å²) in [5.41, 5.74) is 0. The van der Waals surface area contributed by atoms with E-state index in [9.17, 15) is 5.11 Å². The van der Waals surface area contributed by atoms with Gasteiger partial charge >= 0.3 is 0 Å². The highest BCUT2D eigenvalue weighted by Crippen LogP contribution is 2.28. The number of unbranched alkanes of at least 4 members (excludes halogenated alkanes) is 3. The zero-order valence-corrected chi connectivity index (χ0v) is 11.2. The number of alkyl halides is 1. The summed E-state index contributed by atoms with van der Waals surface area (Å²) in [5, 5.41) is 10.6. The molecule has 0 fully saturated rings. The molecule has 1 aromatic rings. The Kier molecular flexibility index (Phi) is 6.94. The highest BCUT2D eigenvalue weighted by atomic mass is 79.9. The second kappa shape index (κ2) is 8.05. The van der Waals surface area contributed by atoms with E-state index in [2.05, 4.69) is 15.9 Å². The molecule has 0 saturated carbocycles. The quantitative estimate of drug-likeness (QED) is 0.455. The van der Waals surface area contributed by atoms with E-state index in [1.54, 1.807) is 17.8 Å². The molecule has 0 spiro atoms. The Morgan fingerprint density at radius 2 is 1.80 bits per heavy atom. The average Bonchev–Trinajstić information content (AvgIpc) is 2.25. The van der Waals surface area contributed by atoms with Crippen molar-refractivity contribution < 1.29 is 5.11 Å². The molecule has 0 saturated heterocycles. The van der Waals surface area contributed by atoms with Crippen LogP contribution in [0.25, 0.3) is 0 Å². The summed E-state index contributed by atoms with van der Waals surface area (Å²) in [6.45, 7) is 0. The Labute approximate surface area is 104 Å². The predicted octanol–water partition coefficient (Wildman–Crippen LogP) is 4.44. The average molecular weight is 289 g/mol. The lowest BCUT2D eigenvalue weighted by atomic mass is 10.2. The van der Waals surface area contributed by atoms with Crippen LogP contribution in [0.5, 0.6) is 5.75 Å². The van der Waals surface area contributed by atoms with Crippen molar-refractivity contribution in [3.05, 3.63) is 24.3 Å². The first-order valence-corrected chi connectivity index (χ1v) is 7.42. The largest absolute Gasteiger partial charge is 0.507 e. The molecular formula is C12H17BrOS. The van der Waals surface area contributed by atoms with Crippen molar-refractivity contribution in [2.75, 3.05) is 11.1 Å². The fourth-order valence-corrected chi connectivity index (χ4v) is 2.67. The summed E-state index contributed by atoms with van der Waals surface area (Å²) in [4.78, 5) is 0.998. The maximum atomic E-state index is 9.52. The molecule has 0 radical (unpaired) electrons. The summed E-state index contributed by atoms with van der Waals surface area (Å²) in [6.07, 6.45) is 5.08. The van der Waals surface area contributed by atoms with Gasteiger partial charge in [-0.3, -0.25) is 0 Å². The minimum absolute atomic E-state index is 0.406.